The van der Waals surface area contributed by atoms with Crippen molar-refractivity contribution in [2.75, 3.05) is 0 Å². The number of halogens is 1. The lowest BCUT2D eigenvalue weighted by Crippen LogP contribution is -2.12. The minimum atomic E-state index is -0.494. The Morgan fingerprint density at radius 2 is 2.13 bits per heavy atom. The summed E-state index contributed by atoms with van der Waals surface area (Å²) in [5.41, 5.74) is 1.36. The van der Waals surface area contributed by atoms with Gasteiger partial charge in [-0.25, -0.2) is 4.79 Å². The first-order valence-electron chi connectivity index (χ1n) is 4.36. The van der Waals surface area contributed by atoms with Crippen molar-refractivity contribution in [3.8, 4) is 11.4 Å². The average molecular weight is 222 g/mol. The Morgan fingerprint density at radius 3 is 2.80 bits per heavy atom. The molecule has 0 aliphatic rings. The number of nitrogens with zero attached hydrogens (tertiary/aromatic N) is 2. The number of rotatable bonds is 1. The number of hydrogen-bond donors (Lipinski definition) is 1. The molecular weight excluding hydrogens is 214 g/mol. The molecule has 0 saturated heterocycles. The molecule has 1 aromatic heterocycles. The van der Waals surface area contributed by atoms with Gasteiger partial charge in [0.15, 0.2) is 5.82 Å². The summed E-state index contributed by atoms with van der Waals surface area (Å²) < 4.78 is 0. The number of benzene rings is 1. The van der Waals surface area contributed by atoms with E-state index in [4.69, 9.17) is 11.6 Å². The zero-order valence-corrected chi connectivity index (χ0v) is 8.75. The molecular formula is C10H8ClN3O. The van der Waals surface area contributed by atoms with Crippen LogP contribution >= 0.6 is 11.6 Å². The maximum atomic E-state index is 11.1. The van der Waals surface area contributed by atoms with Gasteiger partial charge in [0.25, 0.3) is 0 Å². The van der Waals surface area contributed by atoms with E-state index in [1.807, 2.05) is 31.2 Å². The molecule has 0 saturated carbocycles. The van der Waals surface area contributed by atoms with Crippen LogP contribution in [0.2, 0.25) is 5.28 Å². The highest BCUT2D eigenvalue weighted by Crippen LogP contribution is 2.15. The molecule has 4 nitrogen and oxygen atoms in total. The van der Waals surface area contributed by atoms with Gasteiger partial charge in [-0.15, -0.1) is 0 Å². The van der Waals surface area contributed by atoms with Gasteiger partial charge in [0.05, 0.1) is 0 Å². The highest BCUT2D eigenvalue weighted by Gasteiger charge is 2.03. The molecule has 1 heterocycles. The summed E-state index contributed by atoms with van der Waals surface area (Å²) in [5, 5.41) is 0.0477. The molecule has 0 aliphatic carbocycles. The van der Waals surface area contributed by atoms with Crippen LogP contribution in [-0.2, 0) is 0 Å². The smallest absolute Gasteiger partial charge is 0.280 e. The lowest BCUT2D eigenvalue weighted by Gasteiger charge is -2.00. The van der Waals surface area contributed by atoms with E-state index in [9.17, 15) is 4.79 Å². The van der Waals surface area contributed by atoms with Gasteiger partial charge in [-0.1, -0.05) is 23.8 Å². The Bertz CT molecular complexity index is 550. The molecule has 15 heavy (non-hydrogen) atoms. The lowest BCUT2D eigenvalue weighted by atomic mass is 10.1. The molecule has 0 unspecified atom stereocenters. The Balaban J connectivity index is 2.59. The topological polar surface area (TPSA) is 58.6 Å². The second-order valence-corrected chi connectivity index (χ2v) is 3.50. The fourth-order valence-electron chi connectivity index (χ4n) is 1.27. The Kier molecular flexibility index (Phi) is 2.51. The Hall–Kier alpha value is -1.68. The molecule has 1 aromatic carbocycles. The van der Waals surface area contributed by atoms with E-state index < -0.39 is 5.69 Å². The van der Waals surface area contributed by atoms with Gasteiger partial charge in [-0.05, 0) is 24.6 Å². The zero-order valence-electron chi connectivity index (χ0n) is 7.99. The standard InChI is InChI=1S/C10H8ClN3O/c1-6-3-2-4-7(5-6)8-12-9(11)14-10(15)13-8/h2-5H,1H3,(H,12,13,14,15). The Morgan fingerprint density at radius 1 is 1.33 bits per heavy atom. The first-order valence-corrected chi connectivity index (χ1v) is 4.74. The molecule has 0 fully saturated rings. The van der Waals surface area contributed by atoms with Crippen molar-refractivity contribution < 1.29 is 0 Å². The number of aromatic amines is 1. The fourth-order valence-corrected chi connectivity index (χ4v) is 1.43. The predicted octanol–water partition coefficient (Wildman–Crippen LogP) is 1.79. The average Bonchev–Trinajstić information content (AvgIpc) is 2.16. The monoisotopic (exact) mass is 221 g/mol. The summed E-state index contributed by atoms with van der Waals surface area (Å²) in [5.74, 6) is 0.340. The van der Waals surface area contributed by atoms with Crippen molar-refractivity contribution in [2.45, 2.75) is 6.92 Å². The zero-order chi connectivity index (χ0) is 10.8. The summed E-state index contributed by atoms with van der Waals surface area (Å²) in [4.78, 5) is 21.0. The van der Waals surface area contributed by atoms with Crippen LogP contribution in [0.1, 0.15) is 5.56 Å². The summed E-state index contributed by atoms with van der Waals surface area (Å²) >= 11 is 5.63. The highest BCUT2D eigenvalue weighted by molar-refractivity contribution is 6.28. The molecule has 76 valence electrons. The van der Waals surface area contributed by atoms with Crippen molar-refractivity contribution in [1.82, 2.24) is 15.0 Å². The number of hydrogen-bond acceptors (Lipinski definition) is 3. The van der Waals surface area contributed by atoms with Crippen LogP contribution < -0.4 is 5.69 Å². The van der Waals surface area contributed by atoms with Gasteiger partial charge in [0.1, 0.15) is 0 Å². The van der Waals surface area contributed by atoms with Gasteiger partial charge in [0.2, 0.25) is 5.28 Å². The number of aryl methyl sites for hydroxylation is 1. The molecule has 0 radical (unpaired) electrons. The summed E-state index contributed by atoms with van der Waals surface area (Å²) in [6, 6.07) is 7.56. The molecule has 0 spiro atoms. The maximum absolute atomic E-state index is 11.1. The summed E-state index contributed by atoms with van der Waals surface area (Å²) in [7, 11) is 0. The van der Waals surface area contributed by atoms with Crippen molar-refractivity contribution in [2.24, 2.45) is 0 Å². The van der Waals surface area contributed by atoms with Crippen LogP contribution in [0.3, 0.4) is 0 Å². The quantitative estimate of drug-likeness (QED) is 0.799. The summed E-state index contributed by atoms with van der Waals surface area (Å²) in [6.07, 6.45) is 0. The molecule has 2 aromatic rings. The van der Waals surface area contributed by atoms with Gasteiger partial charge in [-0.2, -0.15) is 9.97 Å². The van der Waals surface area contributed by atoms with Crippen LogP contribution in [-0.4, -0.2) is 15.0 Å². The number of aromatic nitrogens is 3. The number of nitrogens with one attached hydrogen (secondary N) is 1. The number of H-pyrrole nitrogens is 1. The third-order valence-corrected chi connectivity index (χ3v) is 2.08. The first-order chi connectivity index (χ1) is 7.15. The van der Waals surface area contributed by atoms with Crippen LogP contribution in [0, 0.1) is 6.92 Å². The maximum Gasteiger partial charge on any atom is 0.349 e. The van der Waals surface area contributed by atoms with E-state index in [2.05, 4.69) is 15.0 Å². The predicted molar refractivity (Wildman–Crippen MR) is 57.8 cm³/mol. The molecule has 0 amide bonds. The lowest BCUT2D eigenvalue weighted by molar-refractivity contribution is 0.995. The molecule has 0 atom stereocenters. The minimum absolute atomic E-state index is 0.0477. The van der Waals surface area contributed by atoms with E-state index in [1.165, 1.54) is 0 Å². The third-order valence-electron chi connectivity index (χ3n) is 1.90. The van der Waals surface area contributed by atoms with Crippen molar-refractivity contribution in [3.05, 3.63) is 45.6 Å². The van der Waals surface area contributed by atoms with Crippen LogP contribution in [0.15, 0.2) is 29.1 Å². The first kappa shape index (κ1) is 9.86. The largest absolute Gasteiger partial charge is 0.349 e. The molecule has 0 bridgehead atoms. The second-order valence-electron chi connectivity index (χ2n) is 3.14. The van der Waals surface area contributed by atoms with Gasteiger partial charge < -0.3 is 0 Å². The second kappa shape index (κ2) is 3.82. The Labute approximate surface area is 91.0 Å². The molecule has 0 aliphatic heterocycles. The fraction of sp³-hybridized carbons (Fsp3) is 0.100. The van der Waals surface area contributed by atoms with E-state index in [0.717, 1.165) is 11.1 Å². The van der Waals surface area contributed by atoms with Gasteiger partial charge >= 0.3 is 5.69 Å². The van der Waals surface area contributed by atoms with E-state index >= 15 is 0 Å². The highest BCUT2D eigenvalue weighted by atomic mass is 35.5. The SMILES string of the molecule is Cc1cccc(-c2nc(Cl)[nH]c(=O)n2)c1. The van der Waals surface area contributed by atoms with Gasteiger partial charge in [0, 0.05) is 5.56 Å². The van der Waals surface area contributed by atoms with Gasteiger partial charge in [-0.3, -0.25) is 4.98 Å². The van der Waals surface area contributed by atoms with Crippen molar-refractivity contribution in [3.63, 3.8) is 0 Å². The molecule has 5 heteroatoms. The summed E-state index contributed by atoms with van der Waals surface area (Å²) in [6.45, 7) is 1.96. The van der Waals surface area contributed by atoms with Crippen LogP contribution in [0.25, 0.3) is 11.4 Å². The minimum Gasteiger partial charge on any atom is -0.280 e. The van der Waals surface area contributed by atoms with E-state index in [1.54, 1.807) is 0 Å². The van der Waals surface area contributed by atoms with Crippen LogP contribution in [0.4, 0.5) is 0 Å². The van der Waals surface area contributed by atoms with Crippen molar-refractivity contribution >= 4 is 11.6 Å². The molecule has 2 rings (SSSR count). The van der Waals surface area contributed by atoms with E-state index in [0.29, 0.717) is 5.82 Å². The van der Waals surface area contributed by atoms with Crippen LogP contribution in [0.5, 0.6) is 0 Å². The van der Waals surface area contributed by atoms with E-state index in [-0.39, 0.29) is 5.28 Å². The normalized spacial score (nSPS) is 10.3. The molecule has 1 N–H and O–H groups in total. The van der Waals surface area contributed by atoms with Crippen molar-refractivity contribution in [1.29, 1.82) is 0 Å². The third kappa shape index (κ3) is 2.22.